The molecule has 0 spiro atoms. The zero-order valence-electron chi connectivity index (χ0n) is 11.8. The summed E-state index contributed by atoms with van der Waals surface area (Å²) in [7, 11) is 1.35. The zero-order chi connectivity index (χ0) is 15.1. The van der Waals surface area contributed by atoms with E-state index in [2.05, 4.69) is 0 Å². The molecular formula is C14H18FN3O3. The molecule has 2 atom stereocenters. The summed E-state index contributed by atoms with van der Waals surface area (Å²) in [6.07, 6.45) is 3.62. The van der Waals surface area contributed by atoms with Gasteiger partial charge in [0.2, 0.25) is 0 Å². The van der Waals surface area contributed by atoms with Crippen molar-refractivity contribution >= 4 is 11.4 Å². The van der Waals surface area contributed by atoms with E-state index in [0.717, 1.165) is 31.7 Å². The smallest absolute Gasteiger partial charge is 0.313 e. The predicted molar refractivity (Wildman–Crippen MR) is 76.1 cm³/mol. The summed E-state index contributed by atoms with van der Waals surface area (Å²) in [6, 6.07) is 2.96. The van der Waals surface area contributed by atoms with E-state index in [0.29, 0.717) is 5.69 Å². The summed E-state index contributed by atoms with van der Waals surface area (Å²) < 4.78 is 19.4. The lowest BCUT2D eigenvalue weighted by Gasteiger charge is -2.39. The first-order valence-electron chi connectivity index (χ1n) is 7.07. The van der Waals surface area contributed by atoms with Crippen LogP contribution in [0.5, 0.6) is 5.75 Å². The van der Waals surface area contributed by atoms with Crippen LogP contribution in [0.3, 0.4) is 0 Å². The zero-order valence-corrected chi connectivity index (χ0v) is 11.8. The highest BCUT2D eigenvalue weighted by Gasteiger charge is 2.41. The minimum atomic E-state index is -0.633. The summed E-state index contributed by atoms with van der Waals surface area (Å²) in [5.41, 5.74) is 6.06. The van der Waals surface area contributed by atoms with Crippen molar-refractivity contribution in [2.24, 2.45) is 5.73 Å². The molecule has 2 N–H and O–H groups in total. The second-order valence-electron chi connectivity index (χ2n) is 5.76. The Morgan fingerprint density at radius 2 is 2.00 bits per heavy atom. The van der Waals surface area contributed by atoms with E-state index in [1.807, 2.05) is 4.90 Å². The van der Waals surface area contributed by atoms with Gasteiger partial charge in [0, 0.05) is 24.2 Å². The van der Waals surface area contributed by atoms with Crippen LogP contribution in [-0.2, 0) is 0 Å². The van der Waals surface area contributed by atoms with Crippen LogP contribution in [0.1, 0.15) is 25.7 Å². The minimum absolute atomic E-state index is 0.0886. The van der Waals surface area contributed by atoms with E-state index < -0.39 is 10.7 Å². The lowest BCUT2D eigenvalue weighted by Crippen LogP contribution is -2.47. The van der Waals surface area contributed by atoms with Crippen molar-refractivity contribution in [2.75, 3.05) is 12.0 Å². The van der Waals surface area contributed by atoms with E-state index in [1.165, 1.54) is 13.2 Å². The number of halogens is 1. The third-order valence-electron chi connectivity index (χ3n) is 4.49. The molecule has 0 aromatic heterocycles. The van der Waals surface area contributed by atoms with Crippen LogP contribution >= 0.6 is 0 Å². The Hall–Kier alpha value is -1.89. The number of nitro groups is 1. The number of nitrogens with two attached hydrogens (primary N) is 1. The van der Waals surface area contributed by atoms with E-state index in [9.17, 15) is 14.5 Å². The van der Waals surface area contributed by atoms with Gasteiger partial charge in [-0.2, -0.15) is 0 Å². The average molecular weight is 295 g/mol. The molecule has 0 aliphatic carbocycles. The molecule has 0 amide bonds. The Bertz CT molecular complexity index is 567. The fourth-order valence-corrected chi connectivity index (χ4v) is 3.65. The second kappa shape index (κ2) is 5.14. The maximum absolute atomic E-state index is 14.3. The number of anilines is 1. The number of fused-ring (bicyclic) bond motifs is 2. The standard InChI is InChI=1S/C14H18FN3O3/c1-21-14-7-12(11(15)6-13(14)18(19)20)17-9-2-3-10(17)5-8(16)4-9/h6-10H,2-5,16H2,1H3. The topological polar surface area (TPSA) is 81.6 Å². The van der Waals surface area contributed by atoms with E-state index in [1.54, 1.807) is 0 Å². The number of hydrogen-bond donors (Lipinski definition) is 1. The van der Waals surface area contributed by atoms with Crippen molar-refractivity contribution in [1.29, 1.82) is 0 Å². The second-order valence-corrected chi connectivity index (χ2v) is 5.76. The van der Waals surface area contributed by atoms with Crippen molar-refractivity contribution in [1.82, 2.24) is 0 Å². The number of methoxy groups -OCH3 is 1. The molecule has 1 aromatic carbocycles. The lowest BCUT2D eigenvalue weighted by molar-refractivity contribution is -0.385. The summed E-state index contributed by atoms with van der Waals surface area (Å²) >= 11 is 0. The minimum Gasteiger partial charge on any atom is -0.490 e. The van der Waals surface area contributed by atoms with Crippen LogP contribution in [0, 0.1) is 15.9 Å². The molecule has 1 aromatic rings. The molecular weight excluding hydrogens is 277 g/mol. The number of nitrogens with zero attached hydrogens (tertiary/aromatic N) is 2. The molecule has 2 aliphatic rings. The number of ether oxygens (including phenoxy) is 1. The number of rotatable bonds is 3. The van der Waals surface area contributed by atoms with Gasteiger partial charge in [-0.1, -0.05) is 0 Å². The number of piperidine rings is 1. The van der Waals surface area contributed by atoms with Gasteiger partial charge in [-0.05, 0) is 25.7 Å². The third kappa shape index (κ3) is 2.31. The van der Waals surface area contributed by atoms with Gasteiger partial charge in [-0.25, -0.2) is 4.39 Å². The van der Waals surface area contributed by atoms with Crippen LogP contribution in [0.15, 0.2) is 12.1 Å². The SMILES string of the molecule is COc1cc(N2C3CCC2CC(N)C3)c(F)cc1[N+](=O)[O-]. The van der Waals surface area contributed by atoms with Crippen molar-refractivity contribution in [3.05, 3.63) is 28.1 Å². The molecule has 7 heteroatoms. The maximum Gasteiger partial charge on any atom is 0.313 e. The first kappa shape index (κ1) is 14.1. The summed E-state index contributed by atoms with van der Waals surface area (Å²) in [6.45, 7) is 0. The van der Waals surface area contributed by atoms with E-state index in [-0.39, 0.29) is 29.6 Å². The van der Waals surface area contributed by atoms with Crippen molar-refractivity contribution in [2.45, 2.75) is 43.8 Å². The average Bonchev–Trinajstić information content (AvgIpc) is 2.70. The number of benzene rings is 1. The van der Waals surface area contributed by atoms with Gasteiger partial charge in [0.05, 0.1) is 23.8 Å². The fourth-order valence-electron chi connectivity index (χ4n) is 3.65. The summed E-state index contributed by atoms with van der Waals surface area (Å²) in [5, 5.41) is 10.9. The molecule has 6 nitrogen and oxygen atoms in total. The highest BCUT2D eigenvalue weighted by atomic mass is 19.1. The van der Waals surface area contributed by atoms with Crippen LogP contribution < -0.4 is 15.4 Å². The lowest BCUT2D eigenvalue weighted by atomic mass is 9.97. The molecule has 2 heterocycles. The van der Waals surface area contributed by atoms with Gasteiger partial charge in [-0.15, -0.1) is 0 Å². The van der Waals surface area contributed by atoms with Crippen LogP contribution in [0.25, 0.3) is 0 Å². The molecule has 0 saturated carbocycles. The van der Waals surface area contributed by atoms with Gasteiger partial charge in [0.1, 0.15) is 0 Å². The Morgan fingerprint density at radius 3 is 2.52 bits per heavy atom. The summed E-state index contributed by atoms with van der Waals surface area (Å²) in [4.78, 5) is 12.3. The Kier molecular flexibility index (Phi) is 3.44. The largest absolute Gasteiger partial charge is 0.490 e. The molecule has 2 bridgehead atoms. The normalized spacial score (nSPS) is 27.8. The van der Waals surface area contributed by atoms with Gasteiger partial charge < -0.3 is 15.4 Å². The van der Waals surface area contributed by atoms with Crippen molar-refractivity contribution < 1.29 is 14.1 Å². The summed E-state index contributed by atoms with van der Waals surface area (Å²) in [5.74, 6) is -0.486. The fraction of sp³-hybridized carbons (Fsp3) is 0.571. The number of nitro benzene ring substituents is 1. The molecule has 2 saturated heterocycles. The number of hydrogen-bond acceptors (Lipinski definition) is 5. The van der Waals surface area contributed by atoms with Crippen molar-refractivity contribution in [3.8, 4) is 5.75 Å². The maximum atomic E-state index is 14.3. The monoisotopic (exact) mass is 295 g/mol. The molecule has 21 heavy (non-hydrogen) atoms. The van der Waals surface area contributed by atoms with Crippen LogP contribution in [-0.4, -0.2) is 30.2 Å². The predicted octanol–water partition coefficient (Wildman–Crippen LogP) is 2.20. The van der Waals surface area contributed by atoms with Gasteiger partial charge in [-0.3, -0.25) is 10.1 Å². The molecule has 114 valence electrons. The van der Waals surface area contributed by atoms with E-state index in [4.69, 9.17) is 10.5 Å². The molecule has 3 rings (SSSR count). The molecule has 2 unspecified atom stereocenters. The molecule has 2 fully saturated rings. The van der Waals surface area contributed by atoms with Crippen LogP contribution in [0.4, 0.5) is 15.8 Å². The molecule has 2 aliphatic heterocycles. The first-order chi connectivity index (χ1) is 10.0. The highest BCUT2D eigenvalue weighted by molar-refractivity contribution is 5.62. The Labute approximate surface area is 121 Å². The van der Waals surface area contributed by atoms with Crippen LogP contribution in [0.2, 0.25) is 0 Å². The van der Waals surface area contributed by atoms with E-state index >= 15 is 0 Å². The Balaban J connectivity index is 2.01. The van der Waals surface area contributed by atoms with Gasteiger partial charge >= 0.3 is 5.69 Å². The molecule has 0 radical (unpaired) electrons. The van der Waals surface area contributed by atoms with Crippen molar-refractivity contribution in [3.63, 3.8) is 0 Å². The van der Waals surface area contributed by atoms with Gasteiger partial charge in [0.15, 0.2) is 11.6 Å². The highest BCUT2D eigenvalue weighted by Crippen LogP contribution is 2.43. The third-order valence-corrected chi connectivity index (χ3v) is 4.49. The Morgan fingerprint density at radius 1 is 1.38 bits per heavy atom. The first-order valence-corrected chi connectivity index (χ1v) is 7.07. The quantitative estimate of drug-likeness (QED) is 0.683. The van der Waals surface area contributed by atoms with Gasteiger partial charge in [0.25, 0.3) is 0 Å².